The Morgan fingerprint density at radius 3 is 3.24 bits per heavy atom. The standard InChI is InChI=1S/C13H23N3O/c1-3-14-8-12-7-13(17-15-12)10-16-6-4-5-11(2)9-16/h7,11,14H,3-6,8-10H2,1-2H3. The second kappa shape index (κ2) is 6.17. The molecule has 1 aliphatic heterocycles. The molecule has 0 amide bonds. The van der Waals surface area contributed by atoms with E-state index < -0.39 is 0 Å². The van der Waals surface area contributed by atoms with Gasteiger partial charge >= 0.3 is 0 Å². The molecule has 1 N–H and O–H groups in total. The van der Waals surface area contributed by atoms with Crippen molar-refractivity contribution in [2.24, 2.45) is 5.92 Å². The highest BCUT2D eigenvalue weighted by atomic mass is 16.5. The molecule has 0 bridgehead atoms. The highest BCUT2D eigenvalue weighted by molar-refractivity contribution is 5.05. The number of hydrogen-bond acceptors (Lipinski definition) is 4. The van der Waals surface area contributed by atoms with Gasteiger partial charge in [-0.05, 0) is 31.8 Å². The van der Waals surface area contributed by atoms with E-state index in [1.807, 2.05) is 0 Å². The molecule has 1 aromatic heterocycles. The van der Waals surface area contributed by atoms with E-state index >= 15 is 0 Å². The minimum atomic E-state index is 0.802. The Labute approximate surface area is 103 Å². The summed E-state index contributed by atoms with van der Waals surface area (Å²) in [5.74, 6) is 1.81. The molecule has 2 heterocycles. The summed E-state index contributed by atoms with van der Waals surface area (Å²) in [6.45, 7) is 9.46. The van der Waals surface area contributed by atoms with Crippen LogP contribution in [0.4, 0.5) is 0 Å². The molecular weight excluding hydrogens is 214 g/mol. The Morgan fingerprint density at radius 2 is 2.47 bits per heavy atom. The summed E-state index contributed by atoms with van der Waals surface area (Å²) in [5, 5.41) is 7.33. The Kier molecular flexibility index (Phi) is 4.57. The van der Waals surface area contributed by atoms with Crippen molar-refractivity contribution in [1.82, 2.24) is 15.4 Å². The van der Waals surface area contributed by atoms with Gasteiger partial charge in [0.2, 0.25) is 0 Å². The van der Waals surface area contributed by atoms with Crippen molar-refractivity contribution < 1.29 is 4.52 Å². The molecule has 2 rings (SSSR count). The molecule has 96 valence electrons. The number of nitrogens with zero attached hydrogens (tertiary/aromatic N) is 2. The number of likely N-dealkylation sites (tertiary alicyclic amines) is 1. The molecule has 0 aliphatic carbocycles. The monoisotopic (exact) mass is 237 g/mol. The summed E-state index contributed by atoms with van der Waals surface area (Å²) in [6, 6.07) is 2.07. The zero-order valence-electron chi connectivity index (χ0n) is 10.9. The maximum atomic E-state index is 5.37. The Balaban J connectivity index is 1.83. The summed E-state index contributed by atoms with van der Waals surface area (Å²) in [4.78, 5) is 2.46. The molecule has 1 atom stereocenters. The van der Waals surface area contributed by atoms with Crippen molar-refractivity contribution in [3.8, 4) is 0 Å². The van der Waals surface area contributed by atoms with Gasteiger partial charge in [-0.2, -0.15) is 0 Å². The molecule has 0 aromatic carbocycles. The van der Waals surface area contributed by atoms with E-state index in [2.05, 4.69) is 35.3 Å². The van der Waals surface area contributed by atoms with Gasteiger partial charge in [0.05, 0.1) is 12.2 Å². The number of aromatic nitrogens is 1. The predicted octanol–water partition coefficient (Wildman–Crippen LogP) is 2.02. The number of hydrogen-bond donors (Lipinski definition) is 1. The lowest BCUT2D eigenvalue weighted by Gasteiger charge is -2.29. The van der Waals surface area contributed by atoms with Crippen molar-refractivity contribution >= 4 is 0 Å². The molecule has 1 fully saturated rings. The van der Waals surface area contributed by atoms with Crippen LogP contribution in [0.25, 0.3) is 0 Å². The van der Waals surface area contributed by atoms with Gasteiger partial charge in [0.25, 0.3) is 0 Å². The lowest BCUT2D eigenvalue weighted by atomic mass is 10.0. The van der Waals surface area contributed by atoms with Crippen LogP contribution in [0.15, 0.2) is 10.6 Å². The first-order valence-electron chi connectivity index (χ1n) is 6.65. The van der Waals surface area contributed by atoms with E-state index in [1.54, 1.807) is 0 Å². The maximum Gasteiger partial charge on any atom is 0.151 e. The predicted molar refractivity (Wildman–Crippen MR) is 67.6 cm³/mol. The molecular formula is C13H23N3O. The Hall–Kier alpha value is -0.870. The van der Waals surface area contributed by atoms with E-state index in [1.165, 1.54) is 25.9 Å². The summed E-state index contributed by atoms with van der Waals surface area (Å²) in [6.07, 6.45) is 2.66. The van der Waals surface area contributed by atoms with Gasteiger partial charge in [-0.15, -0.1) is 0 Å². The fourth-order valence-corrected chi connectivity index (χ4v) is 2.42. The van der Waals surface area contributed by atoms with E-state index in [0.29, 0.717) is 0 Å². The first kappa shape index (κ1) is 12.6. The van der Waals surface area contributed by atoms with Crippen LogP contribution < -0.4 is 5.32 Å². The van der Waals surface area contributed by atoms with E-state index in [-0.39, 0.29) is 0 Å². The first-order valence-corrected chi connectivity index (χ1v) is 6.65. The van der Waals surface area contributed by atoms with Crippen LogP contribution >= 0.6 is 0 Å². The number of rotatable bonds is 5. The average molecular weight is 237 g/mol. The van der Waals surface area contributed by atoms with E-state index in [9.17, 15) is 0 Å². The third-order valence-corrected chi connectivity index (χ3v) is 3.28. The smallest absolute Gasteiger partial charge is 0.151 e. The third kappa shape index (κ3) is 3.82. The lowest BCUT2D eigenvalue weighted by molar-refractivity contribution is 0.160. The summed E-state index contributed by atoms with van der Waals surface area (Å²) >= 11 is 0. The van der Waals surface area contributed by atoms with Crippen molar-refractivity contribution in [1.29, 1.82) is 0 Å². The molecule has 0 saturated carbocycles. The van der Waals surface area contributed by atoms with Crippen LogP contribution in [-0.4, -0.2) is 29.7 Å². The molecule has 0 spiro atoms. The topological polar surface area (TPSA) is 41.3 Å². The molecule has 0 radical (unpaired) electrons. The van der Waals surface area contributed by atoms with Gasteiger partial charge < -0.3 is 9.84 Å². The second-order valence-electron chi connectivity index (χ2n) is 5.05. The fraction of sp³-hybridized carbons (Fsp3) is 0.769. The largest absolute Gasteiger partial charge is 0.360 e. The normalized spacial score (nSPS) is 21.9. The van der Waals surface area contributed by atoms with Crippen molar-refractivity contribution in [3.05, 3.63) is 17.5 Å². The second-order valence-corrected chi connectivity index (χ2v) is 5.05. The summed E-state index contributed by atoms with van der Waals surface area (Å²) in [5.41, 5.74) is 1.01. The Morgan fingerprint density at radius 1 is 1.59 bits per heavy atom. The number of piperidine rings is 1. The zero-order chi connectivity index (χ0) is 12.1. The molecule has 1 unspecified atom stereocenters. The van der Waals surface area contributed by atoms with Crippen LogP contribution in [-0.2, 0) is 13.1 Å². The minimum Gasteiger partial charge on any atom is -0.360 e. The van der Waals surface area contributed by atoms with Crippen molar-refractivity contribution in [3.63, 3.8) is 0 Å². The van der Waals surface area contributed by atoms with Gasteiger partial charge in [-0.25, -0.2) is 0 Å². The number of nitrogens with one attached hydrogen (secondary N) is 1. The molecule has 1 saturated heterocycles. The van der Waals surface area contributed by atoms with Gasteiger partial charge in [-0.3, -0.25) is 4.90 Å². The zero-order valence-corrected chi connectivity index (χ0v) is 10.9. The van der Waals surface area contributed by atoms with Gasteiger partial charge in [0, 0.05) is 19.2 Å². The lowest BCUT2D eigenvalue weighted by Crippen LogP contribution is -2.33. The minimum absolute atomic E-state index is 0.802. The SMILES string of the molecule is CCNCc1cc(CN2CCCC(C)C2)on1. The molecule has 4 nitrogen and oxygen atoms in total. The van der Waals surface area contributed by atoms with E-state index in [0.717, 1.165) is 37.0 Å². The molecule has 4 heteroatoms. The summed E-state index contributed by atoms with van der Waals surface area (Å²) < 4.78 is 5.37. The quantitative estimate of drug-likeness (QED) is 0.850. The molecule has 1 aromatic rings. The van der Waals surface area contributed by atoms with Crippen LogP contribution in [0.1, 0.15) is 38.1 Å². The Bertz CT molecular complexity index is 337. The van der Waals surface area contributed by atoms with Crippen LogP contribution in [0.5, 0.6) is 0 Å². The first-order chi connectivity index (χ1) is 8.28. The van der Waals surface area contributed by atoms with Crippen molar-refractivity contribution in [2.75, 3.05) is 19.6 Å². The van der Waals surface area contributed by atoms with Gasteiger partial charge in [0.1, 0.15) is 0 Å². The van der Waals surface area contributed by atoms with E-state index in [4.69, 9.17) is 4.52 Å². The summed E-state index contributed by atoms with van der Waals surface area (Å²) in [7, 11) is 0. The van der Waals surface area contributed by atoms with Crippen molar-refractivity contribution in [2.45, 2.75) is 39.8 Å². The van der Waals surface area contributed by atoms with Crippen LogP contribution in [0.3, 0.4) is 0 Å². The van der Waals surface area contributed by atoms with Gasteiger partial charge in [-0.1, -0.05) is 19.0 Å². The highest BCUT2D eigenvalue weighted by Crippen LogP contribution is 2.18. The van der Waals surface area contributed by atoms with Crippen LogP contribution in [0.2, 0.25) is 0 Å². The van der Waals surface area contributed by atoms with Gasteiger partial charge in [0.15, 0.2) is 5.76 Å². The third-order valence-electron chi connectivity index (χ3n) is 3.28. The molecule has 17 heavy (non-hydrogen) atoms. The molecule has 1 aliphatic rings. The highest BCUT2D eigenvalue weighted by Gasteiger charge is 2.17. The maximum absolute atomic E-state index is 5.37. The van der Waals surface area contributed by atoms with Crippen LogP contribution in [0, 0.1) is 5.92 Å². The fourth-order valence-electron chi connectivity index (χ4n) is 2.42. The average Bonchev–Trinajstić information content (AvgIpc) is 2.74.